The van der Waals surface area contributed by atoms with E-state index in [4.69, 9.17) is 14.2 Å². The first-order valence-corrected chi connectivity index (χ1v) is 9.00. The molecule has 0 N–H and O–H groups in total. The van der Waals surface area contributed by atoms with Crippen LogP contribution in [0.5, 0.6) is 5.75 Å². The predicted octanol–water partition coefficient (Wildman–Crippen LogP) is 5.32. The fourth-order valence-electron chi connectivity index (χ4n) is 3.93. The number of methoxy groups -OCH3 is 2. The summed E-state index contributed by atoms with van der Waals surface area (Å²) >= 11 is 0. The van der Waals surface area contributed by atoms with Crippen LogP contribution < -0.4 is 4.74 Å². The predicted molar refractivity (Wildman–Crippen MR) is 99.6 cm³/mol. The Morgan fingerprint density at radius 3 is 2.68 bits per heavy atom. The Kier molecular flexibility index (Phi) is 6.51. The lowest BCUT2D eigenvalue weighted by Gasteiger charge is -2.45. The summed E-state index contributed by atoms with van der Waals surface area (Å²) in [6.45, 7) is 6.59. The number of carbonyl (C=O) groups excluding carboxylic acids is 1. The van der Waals surface area contributed by atoms with Crippen LogP contribution in [-0.2, 0) is 9.47 Å². The Hall–Kier alpha value is -1.97. The van der Waals surface area contributed by atoms with Gasteiger partial charge in [-0.2, -0.15) is 0 Å². The normalized spacial score (nSPS) is 26.6. The van der Waals surface area contributed by atoms with Crippen LogP contribution in [0.3, 0.4) is 0 Å². The average molecular weight is 346 g/mol. The van der Waals surface area contributed by atoms with Crippen molar-refractivity contribution < 1.29 is 19.0 Å². The summed E-state index contributed by atoms with van der Waals surface area (Å²) in [4.78, 5) is 12.0. The van der Waals surface area contributed by atoms with E-state index in [-0.39, 0.29) is 5.92 Å². The fourth-order valence-corrected chi connectivity index (χ4v) is 3.93. The zero-order chi connectivity index (χ0) is 18.4. The molecule has 0 aliphatic heterocycles. The molecule has 2 rings (SSSR count). The Balaban J connectivity index is 2.38. The molecule has 0 unspecified atom stereocenters. The molecule has 0 spiro atoms. The minimum Gasteiger partial charge on any atom is -0.497 e. The highest BCUT2D eigenvalue weighted by Crippen LogP contribution is 2.45. The van der Waals surface area contributed by atoms with Crippen LogP contribution in [0.2, 0.25) is 0 Å². The first-order valence-electron chi connectivity index (χ1n) is 9.00. The number of benzene rings is 1. The second-order valence-corrected chi connectivity index (χ2v) is 7.36. The van der Waals surface area contributed by atoms with Gasteiger partial charge in [0.25, 0.3) is 0 Å². The maximum Gasteiger partial charge on any atom is 0.508 e. The third-order valence-electron chi connectivity index (χ3n) is 5.16. The molecule has 3 atom stereocenters. The van der Waals surface area contributed by atoms with Gasteiger partial charge in [0.15, 0.2) is 0 Å². The number of hydrogen-bond donors (Lipinski definition) is 0. The monoisotopic (exact) mass is 346 g/mol. The van der Waals surface area contributed by atoms with Crippen LogP contribution in [0.25, 0.3) is 6.08 Å². The third kappa shape index (κ3) is 4.77. The van der Waals surface area contributed by atoms with E-state index in [1.807, 2.05) is 30.3 Å². The van der Waals surface area contributed by atoms with Gasteiger partial charge in [-0.15, -0.1) is 0 Å². The van der Waals surface area contributed by atoms with Crippen molar-refractivity contribution in [1.29, 1.82) is 0 Å². The van der Waals surface area contributed by atoms with Gasteiger partial charge in [0.05, 0.1) is 14.2 Å². The van der Waals surface area contributed by atoms with E-state index in [1.165, 1.54) is 7.11 Å². The Bertz CT molecular complexity index is 608. The van der Waals surface area contributed by atoms with Gasteiger partial charge in [-0.25, -0.2) is 4.79 Å². The van der Waals surface area contributed by atoms with Gasteiger partial charge in [0.1, 0.15) is 11.4 Å². The van der Waals surface area contributed by atoms with Crippen molar-refractivity contribution in [2.75, 3.05) is 14.2 Å². The number of carbonyl (C=O) groups is 1. The highest BCUT2D eigenvalue weighted by atomic mass is 16.7. The summed E-state index contributed by atoms with van der Waals surface area (Å²) in [5, 5.41) is 0. The molecule has 1 fully saturated rings. The topological polar surface area (TPSA) is 44.8 Å². The Labute approximate surface area is 151 Å². The van der Waals surface area contributed by atoms with Gasteiger partial charge in [-0.1, -0.05) is 45.4 Å². The third-order valence-corrected chi connectivity index (χ3v) is 5.16. The molecule has 0 aromatic heterocycles. The molecular formula is C21H30O4. The second kappa shape index (κ2) is 8.41. The van der Waals surface area contributed by atoms with E-state index in [2.05, 4.69) is 26.8 Å². The van der Waals surface area contributed by atoms with Crippen molar-refractivity contribution >= 4 is 12.2 Å². The lowest BCUT2D eigenvalue weighted by Crippen LogP contribution is -2.47. The van der Waals surface area contributed by atoms with Crippen molar-refractivity contribution in [3.05, 3.63) is 35.9 Å². The summed E-state index contributed by atoms with van der Waals surface area (Å²) in [7, 11) is 3.01. The Morgan fingerprint density at radius 2 is 2.04 bits per heavy atom. The van der Waals surface area contributed by atoms with Gasteiger partial charge < -0.3 is 14.2 Å². The van der Waals surface area contributed by atoms with Crippen LogP contribution in [0.4, 0.5) is 4.79 Å². The molecule has 138 valence electrons. The van der Waals surface area contributed by atoms with E-state index in [0.717, 1.165) is 30.6 Å². The van der Waals surface area contributed by atoms with Crippen LogP contribution in [0.15, 0.2) is 30.3 Å². The van der Waals surface area contributed by atoms with E-state index in [9.17, 15) is 4.79 Å². The molecule has 1 aromatic carbocycles. The smallest absolute Gasteiger partial charge is 0.497 e. The summed E-state index contributed by atoms with van der Waals surface area (Å²) in [6.07, 6.45) is 6.47. The standard InChI is InChI=1S/C21H30O4/c1-15(2)19-10-9-16(3)14-21(19,25-20(22)24-5)12-11-17-7-6-8-18(13-17)23-4/h6-8,11-13,15-16,19H,9-10,14H2,1-5H3/b12-11+/t16-,19+,21+/m1/s1. The van der Waals surface area contributed by atoms with Crippen LogP contribution in [0.1, 0.15) is 45.6 Å². The van der Waals surface area contributed by atoms with Crippen molar-refractivity contribution in [3.8, 4) is 5.75 Å². The van der Waals surface area contributed by atoms with Crippen molar-refractivity contribution in [3.63, 3.8) is 0 Å². The molecule has 0 radical (unpaired) electrons. The molecular weight excluding hydrogens is 316 g/mol. The first-order chi connectivity index (χ1) is 11.9. The van der Waals surface area contributed by atoms with Crippen LogP contribution in [-0.4, -0.2) is 26.0 Å². The highest BCUT2D eigenvalue weighted by Gasteiger charge is 2.46. The zero-order valence-electron chi connectivity index (χ0n) is 16.0. The zero-order valence-corrected chi connectivity index (χ0v) is 16.0. The summed E-state index contributed by atoms with van der Waals surface area (Å²) < 4.78 is 16.0. The van der Waals surface area contributed by atoms with E-state index in [0.29, 0.717) is 11.8 Å². The average Bonchev–Trinajstić information content (AvgIpc) is 2.59. The molecule has 25 heavy (non-hydrogen) atoms. The first kappa shape index (κ1) is 19.4. The summed E-state index contributed by atoms with van der Waals surface area (Å²) in [6, 6.07) is 7.86. The van der Waals surface area contributed by atoms with Gasteiger partial charge in [0, 0.05) is 5.92 Å². The van der Waals surface area contributed by atoms with Crippen molar-refractivity contribution in [2.45, 2.75) is 45.6 Å². The minimum atomic E-state index is -0.637. The maximum atomic E-state index is 12.0. The summed E-state index contributed by atoms with van der Waals surface area (Å²) in [5.74, 6) is 1.98. The molecule has 4 heteroatoms. The van der Waals surface area contributed by atoms with E-state index < -0.39 is 11.8 Å². The fraction of sp³-hybridized carbons (Fsp3) is 0.571. The van der Waals surface area contributed by atoms with Crippen molar-refractivity contribution in [2.24, 2.45) is 17.8 Å². The molecule has 1 aliphatic rings. The molecule has 1 saturated carbocycles. The van der Waals surface area contributed by atoms with Gasteiger partial charge in [0.2, 0.25) is 0 Å². The number of ether oxygens (including phenoxy) is 3. The molecule has 0 saturated heterocycles. The largest absolute Gasteiger partial charge is 0.508 e. The molecule has 0 heterocycles. The van der Waals surface area contributed by atoms with Gasteiger partial charge in [-0.05, 0) is 48.4 Å². The van der Waals surface area contributed by atoms with E-state index >= 15 is 0 Å². The summed E-state index contributed by atoms with van der Waals surface area (Å²) in [5.41, 5.74) is 0.384. The number of hydrogen-bond acceptors (Lipinski definition) is 4. The number of rotatable bonds is 5. The maximum absolute atomic E-state index is 12.0. The van der Waals surface area contributed by atoms with Crippen LogP contribution >= 0.6 is 0 Å². The Morgan fingerprint density at radius 1 is 1.28 bits per heavy atom. The van der Waals surface area contributed by atoms with Gasteiger partial charge >= 0.3 is 6.16 Å². The minimum absolute atomic E-state index is 0.268. The van der Waals surface area contributed by atoms with Crippen LogP contribution in [0, 0.1) is 17.8 Å². The SMILES string of the molecule is COC(=O)O[C@@]1(/C=C/c2cccc(OC)c2)C[C@H](C)CC[C@H]1C(C)C. The lowest BCUT2D eigenvalue weighted by atomic mass is 9.66. The van der Waals surface area contributed by atoms with Gasteiger partial charge in [-0.3, -0.25) is 0 Å². The lowest BCUT2D eigenvalue weighted by molar-refractivity contribution is -0.0747. The molecule has 4 nitrogen and oxygen atoms in total. The van der Waals surface area contributed by atoms with E-state index in [1.54, 1.807) is 7.11 Å². The molecule has 1 aliphatic carbocycles. The highest BCUT2D eigenvalue weighted by molar-refractivity contribution is 5.62. The molecule has 0 amide bonds. The molecule has 0 bridgehead atoms. The quantitative estimate of drug-likeness (QED) is 0.677. The van der Waals surface area contributed by atoms with Crippen molar-refractivity contribution in [1.82, 2.24) is 0 Å². The second-order valence-electron chi connectivity index (χ2n) is 7.36. The molecule has 1 aromatic rings.